The minimum absolute atomic E-state index is 0.151. The smallest absolute Gasteiger partial charge is 0.0441 e. The maximum atomic E-state index is 6.60. The van der Waals surface area contributed by atoms with Crippen molar-refractivity contribution in [3.05, 3.63) is 34.3 Å². The first-order valence-corrected chi connectivity index (χ1v) is 7.99. The van der Waals surface area contributed by atoms with Gasteiger partial charge in [-0.2, -0.15) is 0 Å². The van der Waals surface area contributed by atoms with Gasteiger partial charge in [0.25, 0.3) is 0 Å². The Morgan fingerprint density at radius 1 is 1.25 bits per heavy atom. The molecule has 1 aliphatic carbocycles. The van der Waals surface area contributed by atoms with Crippen LogP contribution in [0.15, 0.2) is 18.2 Å². The molecule has 1 aliphatic heterocycles. The van der Waals surface area contributed by atoms with Gasteiger partial charge < -0.3 is 5.73 Å². The standard InChI is InChI=1S/C17H25ClN2/c1-16(2,3)20-9-7-17(8-10-20)11-13-12(15(17)19)5-4-6-14(13)18/h4-6,15H,7-11,19H2,1-3H3/t15-/m0/s1. The van der Waals surface area contributed by atoms with E-state index in [0.717, 1.165) is 24.5 Å². The quantitative estimate of drug-likeness (QED) is 0.788. The van der Waals surface area contributed by atoms with Crippen molar-refractivity contribution in [3.63, 3.8) is 0 Å². The summed E-state index contributed by atoms with van der Waals surface area (Å²) in [5, 5.41) is 0.896. The second-order valence-electron chi connectivity index (χ2n) is 7.48. The van der Waals surface area contributed by atoms with Crippen LogP contribution in [-0.4, -0.2) is 23.5 Å². The molecule has 1 fully saturated rings. The molecule has 3 heteroatoms. The lowest BCUT2D eigenvalue weighted by atomic mass is 9.72. The first-order valence-electron chi connectivity index (χ1n) is 7.61. The molecule has 1 aromatic rings. The molecule has 0 unspecified atom stereocenters. The van der Waals surface area contributed by atoms with Crippen LogP contribution in [0.5, 0.6) is 0 Å². The molecule has 0 amide bonds. The second kappa shape index (κ2) is 4.72. The maximum Gasteiger partial charge on any atom is 0.0441 e. The molecule has 1 aromatic carbocycles. The number of nitrogens with zero attached hydrogens (tertiary/aromatic N) is 1. The summed E-state index contributed by atoms with van der Waals surface area (Å²) in [7, 11) is 0. The average molecular weight is 293 g/mol. The van der Waals surface area contributed by atoms with Gasteiger partial charge in [-0.05, 0) is 75.7 Å². The minimum Gasteiger partial charge on any atom is -0.323 e. The topological polar surface area (TPSA) is 29.3 Å². The molecular weight excluding hydrogens is 268 g/mol. The third kappa shape index (κ3) is 2.18. The van der Waals surface area contributed by atoms with E-state index in [4.69, 9.17) is 17.3 Å². The first kappa shape index (κ1) is 14.4. The van der Waals surface area contributed by atoms with Gasteiger partial charge in [-0.15, -0.1) is 0 Å². The Bertz CT molecular complexity index is 510. The molecule has 0 radical (unpaired) electrons. The largest absolute Gasteiger partial charge is 0.323 e. The van der Waals surface area contributed by atoms with E-state index in [-0.39, 0.29) is 17.0 Å². The highest BCUT2D eigenvalue weighted by molar-refractivity contribution is 6.31. The Hall–Kier alpha value is -0.570. The second-order valence-corrected chi connectivity index (χ2v) is 7.89. The molecule has 2 nitrogen and oxygen atoms in total. The number of likely N-dealkylation sites (tertiary alicyclic amines) is 1. The summed E-state index contributed by atoms with van der Waals surface area (Å²) >= 11 is 6.37. The predicted octanol–water partition coefficient (Wildman–Crippen LogP) is 3.78. The van der Waals surface area contributed by atoms with Crippen molar-refractivity contribution >= 4 is 11.6 Å². The highest BCUT2D eigenvalue weighted by Gasteiger charge is 2.47. The first-order chi connectivity index (χ1) is 9.33. The van der Waals surface area contributed by atoms with Crippen molar-refractivity contribution in [2.75, 3.05) is 13.1 Å². The highest BCUT2D eigenvalue weighted by atomic mass is 35.5. The van der Waals surface area contributed by atoms with E-state index < -0.39 is 0 Å². The van der Waals surface area contributed by atoms with Crippen LogP contribution >= 0.6 is 11.6 Å². The van der Waals surface area contributed by atoms with Gasteiger partial charge >= 0.3 is 0 Å². The lowest BCUT2D eigenvalue weighted by Gasteiger charge is -2.47. The SMILES string of the molecule is CC(C)(C)N1CCC2(CC1)Cc1c(Cl)cccc1[C@@H]2N. The van der Waals surface area contributed by atoms with Crippen LogP contribution < -0.4 is 5.73 Å². The number of fused-ring (bicyclic) bond motifs is 1. The van der Waals surface area contributed by atoms with Crippen LogP contribution in [0.2, 0.25) is 5.02 Å². The molecule has 2 aliphatic rings. The zero-order valence-electron chi connectivity index (χ0n) is 12.7. The van der Waals surface area contributed by atoms with Crippen molar-refractivity contribution in [1.82, 2.24) is 4.90 Å². The Kier molecular flexibility index (Phi) is 3.39. The van der Waals surface area contributed by atoms with Gasteiger partial charge in [0.2, 0.25) is 0 Å². The van der Waals surface area contributed by atoms with Crippen molar-refractivity contribution in [3.8, 4) is 0 Å². The van der Waals surface area contributed by atoms with Crippen LogP contribution in [0.3, 0.4) is 0 Å². The normalized spacial score (nSPS) is 25.9. The van der Waals surface area contributed by atoms with Gasteiger partial charge in [-0.25, -0.2) is 0 Å². The summed E-state index contributed by atoms with van der Waals surface area (Å²) < 4.78 is 0. The number of hydrogen-bond donors (Lipinski definition) is 1. The third-order valence-corrected chi connectivity index (χ3v) is 5.74. The van der Waals surface area contributed by atoms with Gasteiger partial charge in [0.05, 0.1) is 0 Å². The molecule has 3 rings (SSSR count). The number of hydrogen-bond acceptors (Lipinski definition) is 2. The van der Waals surface area contributed by atoms with Crippen LogP contribution in [0.25, 0.3) is 0 Å². The van der Waals surface area contributed by atoms with Crippen molar-refractivity contribution in [2.24, 2.45) is 11.1 Å². The molecule has 20 heavy (non-hydrogen) atoms. The third-order valence-electron chi connectivity index (χ3n) is 5.39. The lowest BCUT2D eigenvalue weighted by molar-refractivity contribution is 0.0345. The predicted molar refractivity (Wildman–Crippen MR) is 85.1 cm³/mol. The molecule has 1 saturated heterocycles. The summed E-state index contributed by atoms with van der Waals surface area (Å²) in [5.74, 6) is 0. The summed E-state index contributed by atoms with van der Waals surface area (Å²) in [6, 6.07) is 6.34. The van der Waals surface area contributed by atoms with Crippen molar-refractivity contribution in [2.45, 2.75) is 51.6 Å². The van der Waals surface area contributed by atoms with Gasteiger partial charge in [0.15, 0.2) is 0 Å². The van der Waals surface area contributed by atoms with Crippen LogP contribution in [0, 0.1) is 5.41 Å². The molecule has 2 N–H and O–H groups in total. The number of piperidine rings is 1. The summed E-state index contributed by atoms with van der Waals surface area (Å²) in [6.45, 7) is 9.17. The molecule has 1 atom stereocenters. The fraction of sp³-hybridized carbons (Fsp3) is 0.647. The number of nitrogens with two attached hydrogens (primary N) is 1. The summed E-state index contributed by atoms with van der Waals surface area (Å²) in [5.41, 5.74) is 9.67. The van der Waals surface area contributed by atoms with E-state index in [1.54, 1.807) is 0 Å². The zero-order chi connectivity index (χ0) is 14.5. The maximum absolute atomic E-state index is 6.60. The molecule has 1 heterocycles. The Balaban J connectivity index is 1.83. The number of halogens is 1. The van der Waals surface area contributed by atoms with Gasteiger partial charge in [0.1, 0.15) is 0 Å². The van der Waals surface area contributed by atoms with E-state index in [0.29, 0.717) is 0 Å². The Morgan fingerprint density at radius 3 is 2.45 bits per heavy atom. The van der Waals surface area contributed by atoms with Gasteiger partial charge in [0, 0.05) is 16.6 Å². The van der Waals surface area contributed by atoms with Crippen molar-refractivity contribution in [1.29, 1.82) is 0 Å². The monoisotopic (exact) mass is 292 g/mol. The van der Waals surface area contributed by atoms with E-state index >= 15 is 0 Å². The van der Waals surface area contributed by atoms with Gasteiger partial charge in [-0.3, -0.25) is 4.90 Å². The van der Waals surface area contributed by atoms with Crippen LogP contribution in [0.4, 0.5) is 0 Å². The fourth-order valence-corrected chi connectivity index (χ4v) is 4.20. The lowest BCUT2D eigenvalue weighted by Crippen LogP contribution is -2.50. The van der Waals surface area contributed by atoms with E-state index in [1.807, 2.05) is 12.1 Å². The van der Waals surface area contributed by atoms with Crippen LogP contribution in [-0.2, 0) is 6.42 Å². The molecular formula is C17H25ClN2. The Labute approximate surface area is 127 Å². The average Bonchev–Trinajstić information content (AvgIpc) is 2.65. The summed E-state index contributed by atoms with van der Waals surface area (Å²) in [4.78, 5) is 2.58. The van der Waals surface area contributed by atoms with E-state index in [9.17, 15) is 0 Å². The van der Waals surface area contributed by atoms with Crippen molar-refractivity contribution < 1.29 is 0 Å². The molecule has 1 spiro atoms. The number of benzene rings is 1. The molecule has 0 saturated carbocycles. The fourth-order valence-electron chi connectivity index (χ4n) is 3.96. The van der Waals surface area contributed by atoms with E-state index in [2.05, 4.69) is 31.7 Å². The molecule has 110 valence electrons. The van der Waals surface area contributed by atoms with Gasteiger partial charge in [-0.1, -0.05) is 23.7 Å². The van der Waals surface area contributed by atoms with Crippen LogP contribution in [0.1, 0.15) is 50.8 Å². The molecule has 0 aromatic heterocycles. The zero-order valence-corrected chi connectivity index (χ0v) is 13.5. The highest BCUT2D eigenvalue weighted by Crippen LogP contribution is 2.52. The Morgan fingerprint density at radius 2 is 1.90 bits per heavy atom. The van der Waals surface area contributed by atoms with E-state index in [1.165, 1.54) is 24.0 Å². The minimum atomic E-state index is 0.151. The summed E-state index contributed by atoms with van der Waals surface area (Å²) in [6.07, 6.45) is 3.41. The molecule has 0 bridgehead atoms. The number of rotatable bonds is 0.